The Labute approximate surface area is 335 Å². The molecule has 0 rings (SSSR count). The smallest absolute Gasteiger partial charge is 0.146 e. The molecule has 0 radical (unpaired) electrons. The molecule has 0 atom stereocenters. The van der Waals surface area contributed by atoms with Gasteiger partial charge in [0, 0.05) is 22.8 Å². The molecule has 55 heavy (non-hydrogen) atoms. The highest BCUT2D eigenvalue weighted by atomic mass is 16.7. The van der Waals surface area contributed by atoms with E-state index in [0.29, 0.717) is 156 Å². The first kappa shape index (κ1) is 53.3. The lowest BCUT2D eigenvalue weighted by molar-refractivity contribution is -0.147. The van der Waals surface area contributed by atoms with Gasteiger partial charge in [0.25, 0.3) is 0 Å². The van der Waals surface area contributed by atoms with E-state index in [1.54, 1.807) is 0 Å². The SMILES string of the molecule is C/C(=N\CCOCCOCOCC(COCCOCC/N=C(\C)C(C)C)(COCCOCC/N=C(\C)C(C)C)COCCOCC/N=C(\C)C(C)C)C(C)C. The normalized spacial score (nSPS) is 13.8. The third-order valence-corrected chi connectivity index (χ3v) is 9.02. The van der Waals surface area contributed by atoms with Crippen LogP contribution >= 0.6 is 0 Å². The average molecular weight is 787 g/mol. The van der Waals surface area contributed by atoms with Crippen LogP contribution in [0.3, 0.4) is 0 Å². The molecule has 324 valence electrons. The van der Waals surface area contributed by atoms with Gasteiger partial charge in [0.2, 0.25) is 0 Å². The second-order valence-corrected chi connectivity index (χ2v) is 15.2. The molecular weight excluding hydrogens is 704 g/mol. The molecular formula is C42H82N4O9. The number of aliphatic imine (C=N–C) groups is 4. The predicted molar refractivity (Wildman–Crippen MR) is 226 cm³/mol. The Morgan fingerprint density at radius 1 is 0.327 bits per heavy atom. The number of rotatable bonds is 38. The molecule has 0 unspecified atom stereocenters. The molecule has 0 aromatic rings. The predicted octanol–water partition coefficient (Wildman–Crippen LogP) is 6.55. The van der Waals surface area contributed by atoms with Crippen molar-refractivity contribution in [2.75, 3.05) is 139 Å². The summed E-state index contributed by atoms with van der Waals surface area (Å²) in [6, 6.07) is 0. The van der Waals surface area contributed by atoms with E-state index in [1.165, 1.54) is 0 Å². The van der Waals surface area contributed by atoms with Crippen molar-refractivity contribution in [1.29, 1.82) is 0 Å². The van der Waals surface area contributed by atoms with Gasteiger partial charge in [-0.05, 0) is 51.4 Å². The standard InChI is InChI=1S/C42H82N4O9/c1-34(2)38(9)43-13-17-47-21-25-51-29-42(30-52-26-22-48-18-14-44-39(10)35(3)4,31-53-27-23-49-19-15-45-40(11)36(5)6)32-55-33-54-28-24-50-20-16-46-41(12)37(7)8/h34-37H,13-33H2,1-12H3/b43-38+,44-39+,45-40+,46-41+. The molecule has 0 saturated carbocycles. The lowest BCUT2D eigenvalue weighted by Gasteiger charge is -2.33. The minimum atomic E-state index is -0.609. The summed E-state index contributed by atoms with van der Waals surface area (Å²) in [5.74, 6) is 1.75. The van der Waals surface area contributed by atoms with Gasteiger partial charge in [-0.2, -0.15) is 0 Å². The lowest BCUT2D eigenvalue weighted by Crippen LogP contribution is -2.42. The Balaban J connectivity index is 5.23. The summed E-state index contributed by atoms with van der Waals surface area (Å²) < 4.78 is 53.4. The fraction of sp³-hybridized carbons (Fsp3) is 0.905. The van der Waals surface area contributed by atoms with Gasteiger partial charge in [-0.25, -0.2) is 0 Å². The van der Waals surface area contributed by atoms with Crippen LogP contribution in [-0.2, 0) is 42.6 Å². The van der Waals surface area contributed by atoms with E-state index in [4.69, 9.17) is 42.6 Å². The molecule has 0 spiro atoms. The molecule has 0 N–H and O–H groups in total. The van der Waals surface area contributed by atoms with Crippen molar-refractivity contribution < 1.29 is 42.6 Å². The molecule has 0 aromatic carbocycles. The van der Waals surface area contributed by atoms with E-state index in [9.17, 15) is 0 Å². The first-order chi connectivity index (χ1) is 26.3. The van der Waals surface area contributed by atoms with Crippen LogP contribution in [0.1, 0.15) is 83.1 Å². The summed E-state index contributed by atoms with van der Waals surface area (Å²) in [7, 11) is 0. The maximum atomic E-state index is 6.17. The summed E-state index contributed by atoms with van der Waals surface area (Å²) in [4.78, 5) is 18.2. The Hall–Kier alpha value is -1.68. The Bertz CT molecular complexity index is 939. The first-order valence-electron chi connectivity index (χ1n) is 20.5. The quantitative estimate of drug-likeness (QED) is 0.0389. The molecule has 13 heteroatoms. The van der Waals surface area contributed by atoms with Crippen LogP contribution in [0.4, 0.5) is 0 Å². The minimum absolute atomic E-state index is 0.105. The molecule has 0 fully saturated rings. The zero-order valence-electron chi connectivity index (χ0n) is 37.1. The van der Waals surface area contributed by atoms with Crippen LogP contribution in [0, 0.1) is 29.1 Å². The van der Waals surface area contributed by atoms with Crippen molar-refractivity contribution in [3.05, 3.63) is 0 Å². The maximum absolute atomic E-state index is 6.17. The maximum Gasteiger partial charge on any atom is 0.146 e. The molecule has 0 heterocycles. The van der Waals surface area contributed by atoms with Crippen LogP contribution in [0.2, 0.25) is 0 Å². The van der Waals surface area contributed by atoms with E-state index in [-0.39, 0.29) is 6.79 Å². The fourth-order valence-electron chi connectivity index (χ4n) is 4.25. The van der Waals surface area contributed by atoms with Gasteiger partial charge < -0.3 is 42.6 Å². The van der Waals surface area contributed by atoms with Gasteiger partial charge in [-0.15, -0.1) is 0 Å². The summed E-state index contributed by atoms with van der Waals surface area (Å²) in [5.41, 5.74) is 3.91. The molecule has 0 aromatic heterocycles. The largest absolute Gasteiger partial charge is 0.378 e. The number of hydrogen-bond donors (Lipinski definition) is 0. The van der Waals surface area contributed by atoms with Crippen LogP contribution < -0.4 is 0 Å². The number of hydrogen-bond acceptors (Lipinski definition) is 13. The minimum Gasteiger partial charge on any atom is -0.378 e. The Morgan fingerprint density at radius 2 is 0.564 bits per heavy atom. The molecule has 13 nitrogen and oxygen atoms in total. The van der Waals surface area contributed by atoms with Crippen molar-refractivity contribution in [3.63, 3.8) is 0 Å². The van der Waals surface area contributed by atoms with Gasteiger partial charge in [-0.1, -0.05) is 55.4 Å². The highest BCUT2D eigenvalue weighted by molar-refractivity contribution is 5.84. The van der Waals surface area contributed by atoms with Gasteiger partial charge in [0.1, 0.15) is 6.79 Å². The van der Waals surface area contributed by atoms with Crippen LogP contribution in [0.25, 0.3) is 0 Å². The van der Waals surface area contributed by atoms with Crippen LogP contribution in [0.15, 0.2) is 20.0 Å². The van der Waals surface area contributed by atoms with Crippen LogP contribution in [0.5, 0.6) is 0 Å². The number of ether oxygens (including phenoxy) is 9. The average Bonchev–Trinajstić information content (AvgIpc) is 3.14. The second kappa shape index (κ2) is 35.5. The van der Waals surface area contributed by atoms with E-state index in [1.807, 2.05) is 6.92 Å². The highest BCUT2D eigenvalue weighted by Crippen LogP contribution is 2.21. The summed E-state index contributed by atoms with van der Waals surface area (Å²) in [6.07, 6.45) is 0. The Morgan fingerprint density at radius 3 is 0.836 bits per heavy atom. The topological polar surface area (TPSA) is 133 Å². The molecule has 0 bridgehead atoms. The molecule has 0 aliphatic carbocycles. The van der Waals surface area contributed by atoms with E-state index in [0.717, 1.165) is 22.8 Å². The first-order valence-corrected chi connectivity index (χ1v) is 20.5. The van der Waals surface area contributed by atoms with Gasteiger partial charge in [-0.3, -0.25) is 20.0 Å². The van der Waals surface area contributed by atoms with E-state index >= 15 is 0 Å². The van der Waals surface area contributed by atoms with Gasteiger partial charge in [0.15, 0.2) is 0 Å². The monoisotopic (exact) mass is 787 g/mol. The zero-order chi connectivity index (χ0) is 41.2. The van der Waals surface area contributed by atoms with Crippen molar-refractivity contribution in [1.82, 2.24) is 0 Å². The van der Waals surface area contributed by atoms with Crippen molar-refractivity contribution in [2.24, 2.45) is 49.1 Å². The van der Waals surface area contributed by atoms with Crippen LogP contribution in [-0.4, -0.2) is 162 Å². The van der Waals surface area contributed by atoms with E-state index in [2.05, 4.69) is 96.1 Å². The summed E-state index contributed by atoms with van der Waals surface area (Å²) >= 11 is 0. The lowest BCUT2D eigenvalue weighted by atomic mass is 9.92. The summed E-state index contributed by atoms with van der Waals surface area (Å²) in [5, 5.41) is 0. The summed E-state index contributed by atoms with van der Waals surface area (Å²) in [6.45, 7) is 35.0. The highest BCUT2D eigenvalue weighted by Gasteiger charge is 2.32. The second-order valence-electron chi connectivity index (χ2n) is 15.2. The van der Waals surface area contributed by atoms with Crippen molar-refractivity contribution in [2.45, 2.75) is 83.1 Å². The molecule has 0 saturated heterocycles. The van der Waals surface area contributed by atoms with Crippen molar-refractivity contribution in [3.8, 4) is 0 Å². The molecule has 0 aliphatic heterocycles. The molecule has 0 aliphatic rings. The van der Waals surface area contributed by atoms with Crippen molar-refractivity contribution >= 4 is 22.8 Å². The third-order valence-electron chi connectivity index (χ3n) is 9.02. The fourth-order valence-corrected chi connectivity index (χ4v) is 4.25. The third kappa shape index (κ3) is 32.0. The van der Waals surface area contributed by atoms with E-state index < -0.39 is 5.41 Å². The number of nitrogens with zero attached hydrogens (tertiary/aromatic N) is 4. The zero-order valence-corrected chi connectivity index (χ0v) is 37.1. The van der Waals surface area contributed by atoms with Gasteiger partial charge in [0.05, 0.1) is 137 Å². The Kier molecular flexibility index (Phi) is 34.4. The van der Waals surface area contributed by atoms with Gasteiger partial charge >= 0.3 is 0 Å². The molecule has 0 amide bonds.